The lowest BCUT2D eigenvalue weighted by Crippen LogP contribution is -2.29. The quantitative estimate of drug-likeness (QED) is 0.793. The molecule has 0 bridgehead atoms. The average Bonchev–Trinajstić information content (AvgIpc) is 3.27. The third kappa shape index (κ3) is 4.74. The number of hydrogen-bond acceptors (Lipinski definition) is 7. The summed E-state index contributed by atoms with van der Waals surface area (Å²) in [7, 11) is 0. The number of anilines is 1. The van der Waals surface area contributed by atoms with Crippen LogP contribution in [0.2, 0.25) is 0 Å². The minimum absolute atomic E-state index is 0. The Kier molecular flexibility index (Phi) is 7.27. The maximum atomic E-state index is 12.3. The van der Waals surface area contributed by atoms with Crippen LogP contribution in [0.3, 0.4) is 0 Å². The lowest BCUT2D eigenvalue weighted by Gasteiger charge is -2.21. The molecule has 0 unspecified atom stereocenters. The smallest absolute Gasteiger partial charge is 0.279 e. The molecule has 3 heterocycles. The van der Waals surface area contributed by atoms with Crippen molar-refractivity contribution in [2.45, 2.75) is 51.5 Å². The first-order chi connectivity index (χ1) is 11.7. The molecule has 0 spiro atoms. The predicted octanol–water partition coefficient (Wildman–Crippen LogP) is 2.63. The van der Waals surface area contributed by atoms with Crippen molar-refractivity contribution in [1.82, 2.24) is 30.5 Å². The Balaban J connectivity index is 0.00000225. The Morgan fingerprint density at radius 1 is 1.32 bits per heavy atom. The number of nitrogens with one attached hydrogen (secondary N) is 2. The first kappa shape index (κ1) is 19.7. The topological polar surface area (TPSA) is 97.6 Å². The molecule has 10 heteroatoms. The van der Waals surface area contributed by atoms with Crippen molar-refractivity contribution in [3.63, 3.8) is 0 Å². The van der Waals surface area contributed by atoms with Crippen LogP contribution < -0.4 is 10.6 Å². The fourth-order valence-corrected chi connectivity index (χ4v) is 3.88. The molecule has 0 radical (unpaired) electrons. The van der Waals surface area contributed by atoms with Gasteiger partial charge < -0.3 is 5.32 Å². The van der Waals surface area contributed by atoms with E-state index in [9.17, 15) is 4.79 Å². The summed E-state index contributed by atoms with van der Waals surface area (Å²) in [4.78, 5) is 12.3. The number of rotatable bonds is 6. The molecule has 25 heavy (non-hydrogen) atoms. The zero-order chi connectivity index (χ0) is 16.9. The van der Waals surface area contributed by atoms with Crippen molar-refractivity contribution in [2.24, 2.45) is 0 Å². The van der Waals surface area contributed by atoms with Crippen molar-refractivity contribution in [1.29, 1.82) is 0 Å². The highest BCUT2D eigenvalue weighted by molar-refractivity contribution is 7.15. The molecule has 0 aliphatic carbocycles. The normalized spacial score (nSPS) is 15.2. The summed E-state index contributed by atoms with van der Waals surface area (Å²) >= 11 is 1.43. The Labute approximate surface area is 157 Å². The van der Waals surface area contributed by atoms with E-state index in [4.69, 9.17) is 0 Å². The largest absolute Gasteiger partial charge is 0.317 e. The second kappa shape index (κ2) is 9.21. The molecule has 0 atom stereocenters. The number of halogens is 1. The van der Waals surface area contributed by atoms with Gasteiger partial charge in [0.1, 0.15) is 5.01 Å². The number of hydrogen-bond donors (Lipinski definition) is 2. The summed E-state index contributed by atoms with van der Waals surface area (Å²) in [5.74, 6) is 0.108. The second-order valence-corrected chi connectivity index (χ2v) is 6.99. The van der Waals surface area contributed by atoms with Gasteiger partial charge in [0.15, 0.2) is 5.69 Å². The third-order valence-corrected chi connectivity index (χ3v) is 5.42. The Morgan fingerprint density at radius 2 is 2.04 bits per heavy atom. The van der Waals surface area contributed by atoms with Crippen LogP contribution in [0.4, 0.5) is 5.13 Å². The van der Waals surface area contributed by atoms with Crippen molar-refractivity contribution in [2.75, 3.05) is 18.4 Å². The van der Waals surface area contributed by atoms with Crippen molar-refractivity contribution in [3.8, 4) is 0 Å². The number of piperidine rings is 1. The molecule has 8 nitrogen and oxygen atoms in total. The summed E-state index contributed by atoms with van der Waals surface area (Å²) in [6.45, 7) is 6.20. The molecule has 1 aliphatic heterocycles. The van der Waals surface area contributed by atoms with Crippen LogP contribution in [0.5, 0.6) is 0 Å². The van der Waals surface area contributed by atoms with E-state index in [1.54, 1.807) is 10.9 Å². The molecule has 1 fully saturated rings. The summed E-state index contributed by atoms with van der Waals surface area (Å²) in [5.41, 5.74) is 0.313. The van der Waals surface area contributed by atoms with Crippen molar-refractivity contribution < 1.29 is 4.79 Å². The van der Waals surface area contributed by atoms with E-state index in [2.05, 4.69) is 45.0 Å². The monoisotopic (exact) mass is 385 g/mol. The molecule has 2 aromatic heterocycles. The third-order valence-electron chi connectivity index (χ3n) is 4.42. The van der Waals surface area contributed by atoms with E-state index in [0.717, 1.165) is 43.8 Å². The van der Waals surface area contributed by atoms with Crippen LogP contribution in [0.1, 0.15) is 67.0 Å². The van der Waals surface area contributed by atoms with Gasteiger partial charge in [0.2, 0.25) is 5.13 Å². The fraction of sp³-hybridized carbons (Fsp3) is 0.667. The molecule has 2 N–H and O–H groups in total. The van der Waals surface area contributed by atoms with Gasteiger partial charge in [0.05, 0.1) is 12.2 Å². The minimum Gasteiger partial charge on any atom is -0.317 e. The van der Waals surface area contributed by atoms with Gasteiger partial charge in [0.25, 0.3) is 5.91 Å². The van der Waals surface area contributed by atoms with Crippen molar-refractivity contribution >= 4 is 34.8 Å². The maximum absolute atomic E-state index is 12.3. The van der Waals surface area contributed by atoms with Gasteiger partial charge in [-0.05, 0) is 38.8 Å². The molecule has 1 amide bonds. The molecule has 1 aliphatic rings. The lowest BCUT2D eigenvalue weighted by atomic mass is 10.1. The van der Waals surface area contributed by atoms with E-state index < -0.39 is 0 Å². The van der Waals surface area contributed by atoms with Gasteiger partial charge in [-0.15, -0.1) is 27.7 Å². The van der Waals surface area contributed by atoms with Gasteiger partial charge in [0, 0.05) is 5.92 Å². The van der Waals surface area contributed by atoms with E-state index >= 15 is 0 Å². The first-order valence-electron chi connectivity index (χ1n) is 8.48. The van der Waals surface area contributed by atoms with E-state index in [1.807, 2.05) is 0 Å². The van der Waals surface area contributed by atoms with Crippen molar-refractivity contribution in [3.05, 3.63) is 16.9 Å². The van der Waals surface area contributed by atoms with E-state index in [1.165, 1.54) is 11.3 Å². The standard InChI is InChI=1S/C15H23N7OS.ClH/c1-3-10(4-2)14-19-20-15(24-14)17-13(23)12-9-22(21-18-12)11-5-7-16-8-6-11;/h9-11,16H,3-8H2,1-2H3,(H,17,20,23);1H. The number of nitrogens with zero attached hydrogens (tertiary/aromatic N) is 5. The van der Waals surface area contributed by atoms with Crippen LogP contribution in [-0.2, 0) is 0 Å². The van der Waals surface area contributed by atoms with Gasteiger partial charge in [-0.2, -0.15) is 0 Å². The Bertz CT molecular complexity index is 679. The van der Waals surface area contributed by atoms with Crippen LogP contribution in [0.15, 0.2) is 6.20 Å². The van der Waals surface area contributed by atoms with Gasteiger partial charge >= 0.3 is 0 Å². The summed E-state index contributed by atoms with van der Waals surface area (Å²) in [6.07, 6.45) is 5.75. The molecule has 3 rings (SSSR count). The molecule has 2 aromatic rings. The fourth-order valence-electron chi connectivity index (χ4n) is 2.88. The summed E-state index contributed by atoms with van der Waals surface area (Å²) < 4.78 is 1.80. The number of amides is 1. The maximum Gasteiger partial charge on any atom is 0.279 e. The highest BCUT2D eigenvalue weighted by Gasteiger charge is 2.20. The second-order valence-electron chi connectivity index (χ2n) is 5.98. The highest BCUT2D eigenvalue weighted by Crippen LogP contribution is 2.28. The number of carbonyl (C=O) groups is 1. The molecule has 138 valence electrons. The number of carbonyl (C=O) groups excluding carboxylic acids is 1. The molecular weight excluding hydrogens is 362 g/mol. The van der Waals surface area contributed by atoms with Crippen LogP contribution in [-0.4, -0.2) is 44.2 Å². The highest BCUT2D eigenvalue weighted by atomic mass is 35.5. The predicted molar refractivity (Wildman–Crippen MR) is 99.6 cm³/mol. The zero-order valence-electron chi connectivity index (χ0n) is 14.4. The summed E-state index contributed by atoms with van der Waals surface area (Å²) in [6, 6.07) is 0.309. The zero-order valence-corrected chi connectivity index (χ0v) is 16.1. The van der Waals surface area contributed by atoms with Gasteiger partial charge in [-0.1, -0.05) is 30.4 Å². The Hall–Kier alpha value is -1.58. The lowest BCUT2D eigenvalue weighted by molar-refractivity contribution is 0.102. The van der Waals surface area contributed by atoms with Crippen LogP contribution >= 0.6 is 23.7 Å². The van der Waals surface area contributed by atoms with Gasteiger partial charge in [-0.25, -0.2) is 4.68 Å². The molecule has 1 saturated heterocycles. The SMILES string of the molecule is CCC(CC)c1nnc(NC(=O)c2cn(C3CCNCC3)nn2)s1.Cl. The molecular formula is C15H24ClN7OS. The van der Waals surface area contributed by atoms with E-state index in [-0.39, 0.29) is 18.3 Å². The minimum atomic E-state index is -0.289. The van der Waals surface area contributed by atoms with Crippen LogP contribution in [0.25, 0.3) is 0 Å². The molecule has 0 aromatic carbocycles. The number of aromatic nitrogens is 5. The molecule has 0 saturated carbocycles. The first-order valence-corrected chi connectivity index (χ1v) is 9.30. The van der Waals surface area contributed by atoms with Crippen LogP contribution in [0, 0.1) is 0 Å². The van der Waals surface area contributed by atoms with Gasteiger partial charge in [-0.3, -0.25) is 10.1 Å². The Morgan fingerprint density at radius 3 is 2.72 bits per heavy atom. The summed E-state index contributed by atoms with van der Waals surface area (Å²) in [5, 5.41) is 23.9. The average molecular weight is 386 g/mol. The van der Waals surface area contributed by atoms with E-state index in [0.29, 0.717) is 22.8 Å².